The highest BCUT2D eigenvalue weighted by molar-refractivity contribution is 9.10. The zero-order valence-corrected chi connectivity index (χ0v) is 15.5. The van der Waals surface area contributed by atoms with E-state index < -0.39 is 16.0 Å². The molecular formula is C16H16BrNO5S. The van der Waals surface area contributed by atoms with E-state index in [0.717, 1.165) is 4.47 Å². The highest BCUT2D eigenvalue weighted by Crippen LogP contribution is 2.24. The van der Waals surface area contributed by atoms with Crippen molar-refractivity contribution in [2.45, 2.75) is 11.8 Å². The summed E-state index contributed by atoms with van der Waals surface area (Å²) in [6, 6.07) is 11.3. The molecule has 128 valence electrons. The third-order valence-electron chi connectivity index (χ3n) is 3.11. The van der Waals surface area contributed by atoms with Crippen molar-refractivity contribution < 1.29 is 22.7 Å². The Kier molecular flexibility index (Phi) is 5.84. The van der Waals surface area contributed by atoms with E-state index in [1.54, 1.807) is 31.2 Å². The highest BCUT2D eigenvalue weighted by atomic mass is 79.9. The van der Waals surface area contributed by atoms with Gasteiger partial charge in [-0.3, -0.25) is 4.72 Å². The first kappa shape index (κ1) is 18.3. The summed E-state index contributed by atoms with van der Waals surface area (Å²) in [4.78, 5) is 11.2. The van der Waals surface area contributed by atoms with Crippen molar-refractivity contribution in [1.82, 2.24) is 0 Å². The normalized spacial score (nSPS) is 11.0. The van der Waals surface area contributed by atoms with Gasteiger partial charge in [-0.05, 0) is 48.9 Å². The number of anilines is 1. The van der Waals surface area contributed by atoms with Gasteiger partial charge in [0.1, 0.15) is 5.75 Å². The molecule has 0 aromatic heterocycles. The summed E-state index contributed by atoms with van der Waals surface area (Å²) in [7, 11) is -2.46. The SMILES string of the molecule is COC(=O)COc1ccc(S(=O)(=O)Nc2cccc(Br)c2)cc1C. The predicted molar refractivity (Wildman–Crippen MR) is 93.6 cm³/mol. The van der Waals surface area contributed by atoms with Crippen molar-refractivity contribution in [2.24, 2.45) is 0 Å². The Hall–Kier alpha value is -2.06. The maximum atomic E-state index is 12.4. The second-order valence-electron chi connectivity index (χ2n) is 4.91. The van der Waals surface area contributed by atoms with Crippen molar-refractivity contribution in [3.05, 3.63) is 52.5 Å². The largest absolute Gasteiger partial charge is 0.482 e. The molecule has 0 unspecified atom stereocenters. The Labute approximate surface area is 149 Å². The van der Waals surface area contributed by atoms with Gasteiger partial charge in [0.2, 0.25) is 0 Å². The number of rotatable bonds is 6. The number of sulfonamides is 1. The fourth-order valence-electron chi connectivity index (χ4n) is 1.91. The molecule has 2 rings (SSSR count). The van der Waals surface area contributed by atoms with Crippen molar-refractivity contribution in [3.8, 4) is 5.75 Å². The number of esters is 1. The fraction of sp³-hybridized carbons (Fsp3) is 0.188. The van der Waals surface area contributed by atoms with Crippen LogP contribution in [0.15, 0.2) is 51.8 Å². The van der Waals surface area contributed by atoms with E-state index in [2.05, 4.69) is 25.4 Å². The van der Waals surface area contributed by atoms with Gasteiger partial charge in [-0.2, -0.15) is 0 Å². The lowest BCUT2D eigenvalue weighted by molar-refractivity contribution is -0.142. The molecule has 0 aliphatic carbocycles. The first-order valence-electron chi connectivity index (χ1n) is 6.90. The van der Waals surface area contributed by atoms with Gasteiger partial charge in [0.15, 0.2) is 6.61 Å². The summed E-state index contributed by atoms with van der Waals surface area (Å²) in [6.07, 6.45) is 0. The number of carbonyl (C=O) groups excluding carboxylic acids is 1. The molecule has 0 fully saturated rings. The second kappa shape index (κ2) is 7.67. The van der Waals surface area contributed by atoms with Gasteiger partial charge in [-0.1, -0.05) is 22.0 Å². The third-order valence-corrected chi connectivity index (χ3v) is 4.98. The van der Waals surface area contributed by atoms with E-state index in [-0.39, 0.29) is 11.5 Å². The van der Waals surface area contributed by atoms with Crippen LogP contribution in [-0.4, -0.2) is 28.1 Å². The molecule has 0 heterocycles. The van der Waals surface area contributed by atoms with E-state index in [1.807, 2.05) is 0 Å². The quantitative estimate of drug-likeness (QED) is 0.735. The molecule has 24 heavy (non-hydrogen) atoms. The van der Waals surface area contributed by atoms with Gasteiger partial charge in [0.25, 0.3) is 10.0 Å². The lowest BCUT2D eigenvalue weighted by atomic mass is 10.2. The maximum absolute atomic E-state index is 12.4. The monoisotopic (exact) mass is 413 g/mol. The minimum atomic E-state index is -3.72. The molecule has 0 saturated heterocycles. The van der Waals surface area contributed by atoms with E-state index in [1.165, 1.54) is 25.3 Å². The lowest BCUT2D eigenvalue weighted by Gasteiger charge is -2.12. The summed E-state index contributed by atoms with van der Waals surface area (Å²) in [6.45, 7) is 1.46. The fourth-order valence-corrected chi connectivity index (χ4v) is 3.45. The summed E-state index contributed by atoms with van der Waals surface area (Å²) >= 11 is 3.29. The molecule has 0 radical (unpaired) electrons. The van der Waals surface area contributed by atoms with Crippen LogP contribution < -0.4 is 9.46 Å². The molecule has 0 spiro atoms. The van der Waals surface area contributed by atoms with Crippen LogP contribution in [0.4, 0.5) is 5.69 Å². The van der Waals surface area contributed by atoms with Crippen LogP contribution in [0, 0.1) is 6.92 Å². The van der Waals surface area contributed by atoms with Crippen molar-refractivity contribution in [2.75, 3.05) is 18.4 Å². The van der Waals surface area contributed by atoms with Crippen molar-refractivity contribution in [3.63, 3.8) is 0 Å². The van der Waals surface area contributed by atoms with E-state index in [0.29, 0.717) is 17.0 Å². The standard InChI is InChI=1S/C16H16BrNO5S/c1-11-8-14(6-7-15(11)23-10-16(19)22-2)24(20,21)18-13-5-3-4-12(17)9-13/h3-9,18H,10H2,1-2H3. The van der Waals surface area contributed by atoms with Crippen LogP contribution in [0.25, 0.3) is 0 Å². The predicted octanol–water partition coefficient (Wildman–Crippen LogP) is 3.11. The minimum Gasteiger partial charge on any atom is -0.482 e. The number of ether oxygens (including phenoxy) is 2. The van der Waals surface area contributed by atoms with Crippen LogP contribution in [0.5, 0.6) is 5.75 Å². The van der Waals surface area contributed by atoms with Crippen LogP contribution in [0.2, 0.25) is 0 Å². The third kappa shape index (κ3) is 4.72. The number of hydrogen-bond donors (Lipinski definition) is 1. The number of carbonyl (C=O) groups is 1. The molecule has 2 aromatic rings. The van der Waals surface area contributed by atoms with Crippen LogP contribution >= 0.6 is 15.9 Å². The molecule has 0 amide bonds. The smallest absolute Gasteiger partial charge is 0.343 e. The van der Waals surface area contributed by atoms with Crippen molar-refractivity contribution in [1.29, 1.82) is 0 Å². The van der Waals surface area contributed by atoms with Crippen LogP contribution in [-0.2, 0) is 19.6 Å². The first-order chi connectivity index (χ1) is 11.3. The number of aryl methyl sites for hydroxylation is 1. The topological polar surface area (TPSA) is 81.7 Å². The molecule has 1 N–H and O–H groups in total. The Morgan fingerprint density at radius 1 is 1.21 bits per heavy atom. The van der Waals surface area contributed by atoms with Crippen molar-refractivity contribution >= 4 is 37.6 Å². The summed E-state index contributed by atoms with van der Waals surface area (Å²) in [5.41, 5.74) is 1.05. The zero-order chi connectivity index (χ0) is 17.7. The molecule has 6 nitrogen and oxygen atoms in total. The number of halogens is 1. The number of benzene rings is 2. The molecule has 8 heteroatoms. The van der Waals surface area contributed by atoms with Crippen LogP contribution in [0.3, 0.4) is 0 Å². The van der Waals surface area contributed by atoms with Crippen LogP contribution in [0.1, 0.15) is 5.56 Å². The molecule has 2 aromatic carbocycles. The summed E-state index contributed by atoms with van der Waals surface area (Å²) < 4.78 is 38.0. The molecule has 0 aliphatic heterocycles. The number of nitrogens with one attached hydrogen (secondary N) is 1. The Balaban J connectivity index is 2.19. The first-order valence-corrected chi connectivity index (χ1v) is 9.18. The van der Waals surface area contributed by atoms with Gasteiger partial charge in [0.05, 0.1) is 12.0 Å². The Morgan fingerprint density at radius 2 is 1.96 bits per heavy atom. The van der Waals surface area contributed by atoms with Gasteiger partial charge >= 0.3 is 5.97 Å². The number of hydrogen-bond acceptors (Lipinski definition) is 5. The average molecular weight is 414 g/mol. The summed E-state index contributed by atoms with van der Waals surface area (Å²) in [5, 5.41) is 0. The lowest BCUT2D eigenvalue weighted by Crippen LogP contribution is -2.15. The second-order valence-corrected chi connectivity index (χ2v) is 7.51. The number of methoxy groups -OCH3 is 1. The molecule has 0 saturated carbocycles. The van der Waals surface area contributed by atoms with Gasteiger partial charge in [-0.15, -0.1) is 0 Å². The van der Waals surface area contributed by atoms with E-state index in [9.17, 15) is 13.2 Å². The van der Waals surface area contributed by atoms with E-state index >= 15 is 0 Å². The molecular weight excluding hydrogens is 398 g/mol. The zero-order valence-electron chi connectivity index (χ0n) is 13.1. The molecule has 0 atom stereocenters. The molecule has 0 bridgehead atoms. The average Bonchev–Trinajstić information content (AvgIpc) is 2.52. The summed E-state index contributed by atoms with van der Waals surface area (Å²) in [5.74, 6) is -0.0933. The van der Waals surface area contributed by atoms with Gasteiger partial charge in [0, 0.05) is 10.2 Å². The Bertz CT molecular complexity index is 851. The Morgan fingerprint density at radius 3 is 2.58 bits per heavy atom. The van der Waals surface area contributed by atoms with Gasteiger partial charge < -0.3 is 9.47 Å². The van der Waals surface area contributed by atoms with E-state index in [4.69, 9.17) is 4.74 Å². The molecule has 0 aliphatic rings. The van der Waals surface area contributed by atoms with Gasteiger partial charge in [-0.25, -0.2) is 13.2 Å². The maximum Gasteiger partial charge on any atom is 0.343 e. The highest BCUT2D eigenvalue weighted by Gasteiger charge is 2.16. The minimum absolute atomic E-state index is 0.102.